The molecule has 0 atom stereocenters. The van der Waals surface area contributed by atoms with Gasteiger partial charge in [0.2, 0.25) is 10.0 Å². The number of carbonyl (C=O) groups is 1. The number of rotatable bonds is 4. The standard InChI is InChI=1S/C20H21ClF3N3O3S/c1-25(14-15-5-3-2-4-6-15)19(28)26-9-11-27(12-10-26)31(29,30)16-7-8-18(21)17(13-16)20(22,23)24/h2-8,13H,9-12,14H2,1H3. The van der Waals surface area contributed by atoms with E-state index in [9.17, 15) is 26.4 Å². The van der Waals surface area contributed by atoms with Crippen molar-refractivity contribution in [3.8, 4) is 0 Å². The minimum atomic E-state index is -4.77. The third-order valence-corrected chi connectivity index (χ3v) is 7.20. The molecular weight excluding hydrogens is 455 g/mol. The second-order valence-electron chi connectivity index (χ2n) is 7.15. The van der Waals surface area contributed by atoms with E-state index in [1.807, 2.05) is 30.3 Å². The summed E-state index contributed by atoms with van der Waals surface area (Å²) in [6.45, 7) is 0.644. The molecule has 2 aromatic rings. The third-order valence-electron chi connectivity index (χ3n) is 4.98. The highest BCUT2D eigenvalue weighted by Crippen LogP contribution is 2.36. The highest BCUT2D eigenvalue weighted by atomic mass is 35.5. The van der Waals surface area contributed by atoms with Gasteiger partial charge in [-0.25, -0.2) is 13.2 Å². The van der Waals surface area contributed by atoms with Crippen LogP contribution < -0.4 is 0 Å². The molecule has 2 aromatic carbocycles. The highest BCUT2D eigenvalue weighted by molar-refractivity contribution is 7.89. The molecule has 0 bridgehead atoms. The van der Waals surface area contributed by atoms with E-state index in [-0.39, 0.29) is 32.2 Å². The first-order valence-corrected chi connectivity index (χ1v) is 11.2. The fourth-order valence-corrected chi connectivity index (χ4v) is 4.99. The molecule has 1 aliphatic rings. The molecular formula is C20H21ClF3N3O3S. The Morgan fingerprint density at radius 1 is 1.06 bits per heavy atom. The van der Waals surface area contributed by atoms with Crippen LogP contribution in [-0.4, -0.2) is 61.8 Å². The molecule has 168 valence electrons. The fourth-order valence-electron chi connectivity index (χ4n) is 3.32. The lowest BCUT2D eigenvalue weighted by Crippen LogP contribution is -2.53. The van der Waals surface area contributed by atoms with Gasteiger partial charge in [-0.15, -0.1) is 0 Å². The van der Waals surface area contributed by atoms with Crippen LogP contribution in [0.4, 0.5) is 18.0 Å². The van der Waals surface area contributed by atoms with Gasteiger partial charge < -0.3 is 9.80 Å². The summed E-state index contributed by atoms with van der Waals surface area (Å²) in [4.78, 5) is 15.2. The van der Waals surface area contributed by atoms with Gasteiger partial charge in [0, 0.05) is 39.8 Å². The number of nitrogens with zero attached hydrogens (tertiary/aromatic N) is 3. The maximum atomic E-state index is 13.1. The molecule has 11 heteroatoms. The second-order valence-corrected chi connectivity index (χ2v) is 9.50. The van der Waals surface area contributed by atoms with Crippen LogP contribution in [0.25, 0.3) is 0 Å². The van der Waals surface area contributed by atoms with E-state index < -0.39 is 31.7 Å². The molecule has 0 spiro atoms. The maximum absolute atomic E-state index is 13.1. The average Bonchev–Trinajstić information content (AvgIpc) is 2.73. The van der Waals surface area contributed by atoms with Crippen molar-refractivity contribution >= 4 is 27.7 Å². The Balaban J connectivity index is 1.67. The predicted molar refractivity (Wildman–Crippen MR) is 110 cm³/mol. The largest absolute Gasteiger partial charge is 0.417 e. The van der Waals surface area contributed by atoms with Crippen molar-refractivity contribution in [3.05, 3.63) is 64.7 Å². The SMILES string of the molecule is CN(Cc1ccccc1)C(=O)N1CCN(S(=O)(=O)c2ccc(Cl)c(C(F)(F)F)c2)CC1. The van der Waals surface area contributed by atoms with Gasteiger partial charge in [0.25, 0.3) is 0 Å². The van der Waals surface area contributed by atoms with Gasteiger partial charge in [0.15, 0.2) is 0 Å². The van der Waals surface area contributed by atoms with Crippen molar-refractivity contribution in [1.82, 2.24) is 14.1 Å². The Morgan fingerprint density at radius 2 is 1.68 bits per heavy atom. The van der Waals surface area contributed by atoms with Crippen LogP contribution in [0, 0.1) is 0 Å². The molecule has 1 aliphatic heterocycles. The number of halogens is 4. The first kappa shape index (κ1) is 23.4. The molecule has 0 N–H and O–H groups in total. The number of benzene rings is 2. The minimum Gasteiger partial charge on any atom is -0.323 e. The Bertz CT molecular complexity index is 1040. The molecule has 6 nitrogen and oxygen atoms in total. The normalized spacial score (nSPS) is 15.7. The molecule has 0 aliphatic carbocycles. The lowest BCUT2D eigenvalue weighted by atomic mass is 10.2. The van der Waals surface area contributed by atoms with Crippen molar-refractivity contribution in [2.24, 2.45) is 0 Å². The number of alkyl halides is 3. The van der Waals surface area contributed by atoms with Crippen molar-refractivity contribution in [1.29, 1.82) is 0 Å². The van der Waals surface area contributed by atoms with Crippen LogP contribution in [0.15, 0.2) is 53.4 Å². The van der Waals surface area contributed by atoms with Crippen LogP contribution in [0.3, 0.4) is 0 Å². The zero-order valence-electron chi connectivity index (χ0n) is 16.6. The van der Waals surface area contributed by atoms with Gasteiger partial charge in [0.1, 0.15) is 0 Å². The highest BCUT2D eigenvalue weighted by Gasteiger charge is 2.36. The summed E-state index contributed by atoms with van der Waals surface area (Å²) in [6.07, 6.45) is -4.77. The summed E-state index contributed by atoms with van der Waals surface area (Å²) in [5.41, 5.74) is -0.241. The maximum Gasteiger partial charge on any atom is 0.417 e. The van der Waals surface area contributed by atoms with Gasteiger partial charge in [0.05, 0.1) is 15.5 Å². The van der Waals surface area contributed by atoms with E-state index in [0.717, 1.165) is 22.0 Å². The predicted octanol–water partition coefficient (Wildman–Crippen LogP) is 3.92. The van der Waals surface area contributed by atoms with Gasteiger partial charge in [-0.1, -0.05) is 41.9 Å². The van der Waals surface area contributed by atoms with Crippen molar-refractivity contribution in [2.75, 3.05) is 33.2 Å². The molecule has 1 saturated heterocycles. The number of urea groups is 1. The van der Waals surface area contributed by atoms with E-state index in [4.69, 9.17) is 11.6 Å². The zero-order chi connectivity index (χ0) is 22.8. The van der Waals surface area contributed by atoms with E-state index in [1.165, 1.54) is 9.80 Å². The average molecular weight is 476 g/mol. The fraction of sp³-hybridized carbons (Fsp3) is 0.350. The molecule has 1 fully saturated rings. The summed E-state index contributed by atoms with van der Waals surface area (Å²) >= 11 is 5.58. The van der Waals surface area contributed by atoms with E-state index in [1.54, 1.807) is 7.05 Å². The van der Waals surface area contributed by atoms with Crippen molar-refractivity contribution in [2.45, 2.75) is 17.6 Å². The Labute approximate surface area is 183 Å². The Morgan fingerprint density at radius 3 is 2.26 bits per heavy atom. The quantitative estimate of drug-likeness (QED) is 0.673. The van der Waals surface area contributed by atoms with Gasteiger partial charge in [-0.05, 0) is 23.8 Å². The van der Waals surface area contributed by atoms with E-state index >= 15 is 0 Å². The van der Waals surface area contributed by atoms with Crippen LogP contribution >= 0.6 is 11.6 Å². The smallest absolute Gasteiger partial charge is 0.323 e. The zero-order valence-corrected chi connectivity index (χ0v) is 18.2. The lowest BCUT2D eigenvalue weighted by Gasteiger charge is -2.36. The molecule has 3 rings (SSSR count). The second kappa shape index (κ2) is 9.05. The van der Waals surface area contributed by atoms with Gasteiger partial charge in [-0.3, -0.25) is 0 Å². The van der Waals surface area contributed by atoms with Gasteiger partial charge >= 0.3 is 12.2 Å². The van der Waals surface area contributed by atoms with Gasteiger partial charge in [-0.2, -0.15) is 17.5 Å². The summed E-state index contributed by atoms with van der Waals surface area (Å²) in [7, 11) is -2.50. The topological polar surface area (TPSA) is 60.9 Å². The summed E-state index contributed by atoms with van der Waals surface area (Å²) < 4.78 is 66.0. The number of hydrogen-bond donors (Lipinski definition) is 0. The molecule has 31 heavy (non-hydrogen) atoms. The van der Waals surface area contributed by atoms with Crippen molar-refractivity contribution in [3.63, 3.8) is 0 Å². The minimum absolute atomic E-state index is 0.0166. The number of amides is 2. The lowest BCUT2D eigenvalue weighted by molar-refractivity contribution is -0.137. The monoisotopic (exact) mass is 475 g/mol. The first-order valence-electron chi connectivity index (χ1n) is 9.41. The Hall–Kier alpha value is -2.30. The van der Waals surface area contributed by atoms with Crippen LogP contribution in [-0.2, 0) is 22.7 Å². The molecule has 0 saturated carbocycles. The molecule has 1 heterocycles. The van der Waals surface area contributed by atoms with Crippen molar-refractivity contribution < 1.29 is 26.4 Å². The van der Waals surface area contributed by atoms with E-state index in [2.05, 4.69) is 0 Å². The molecule has 0 aromatic heterocycles. The van der Waals surface area contributed by atoms with Crippen LogP contribution in [0.2, 0.25) is 5.02 Å². The number of piperazine rings is 1. The molecule has 0 radical (unpaired) electrons. The number of carbonyl (C=O) groups excluding carboxylic acids is 1. The van der Waals surface area contributed by atoms with E-state index in [0.29, 0.717) is 12.6 Å². The first-order chi connectivity index (χ1) is 14.5. The third kappa shape index (κ3) is 5.31. The summed E-state index contributed by atoms with van der Waals surface area (Å²) in [6, 6.07) is 11.7. The molecule has 0 unspecified atom stereocenters. The van der Waals surface area contributed by atoms with Crippen LogP contribution in [0.1, 0.15) is 11.1 Å². The summed E-state index contributed by atoms with van der Waals surface area (Å²) in [5.74, 6) is 0. The van der Waals surface area contributed by atoms with Crippen LogP contribution in [0.5, 0.6) is 0 Å². The number of sulfonamides is 1. The summed E-state index contributed by atoms with van der Waals surface area (Å²) in [5, 5.41) is -0.566. The Kier molecular flexibility index (Phi) is 6.82. The molecule has 2 amide bonds. The number of hydrogen-bond acceptors (Lipinski definition) is 3.